The van der Waals surface area contributed by atoms with E-state index in [1.165, 1.54) is 12.2 Å². The Morgan fingerprint density at radius 3 is 1.42 bits per heavy atom. The highest BCUT2D eigenvalue weighted by molar-refractivity contribution is 5.61. The molecule has 2 atom stereocenters. The maximum atomic E-state index is 12.1. The number of carbonyl (C=O) groups excluding carboxylic acids is 1. The molecule has 0 saturated heterocycles. The Balaban J connectivity index is 2.04. The van der Waals surface area contributed by atoms with Gasteiger partial charge in [0.05, 0.1) is 0 Å². The molecule has 5 nitrogen and oxygen atoms in total. The third-order valence-corrected chi connectivity index (χ3v) is 3.40. The van der Waals surface area contributed by atoms with E-state index in [0.29, 0.717) is 11.4 Å². The first-order valence-electron chi connectivity index (χ1n) is 7.36. The minimum Gasteiger partial charge on any atom is -0.422 e. The lowest BCUT2D eigenvalue weighted by Crippen LogP contribution is -2.14. The fourth-order valence-electron chi connectivity index (χ4n) is 2.11. The molecule has 0 radical (unpaired) electrons. The van der Waals surface area contributed by atoms with Crippen LogP contribution in [0.1, 0.15) is 23.3 Å². The number of nitrogen functional groups attached to an aromatic ring is 2. The van der Waals surface area contributed by atoms with Crippen molar-refractivity contribution >= 4 is 17.5 Å². The maximum absolute atomic E-state index is 12.1. The number of carbonyl (C=O) groups is 1. The van der Waals surface area contributed by atoms with Gasteiger partial charge in [-0.25, -0.2) is 4.79 Å². The van der Waals surface area contributed by atoms with Crippen molar-refractivity contribution in [1.82, 2.24) is 0 Å². The fourth-order valence-corrected chi connectivity index (χ4v) is 2.11. The van der Waals surface area contributed by atoms with E-state index in [0.717, 1.165) is 11.1 Å². The van der Waals surface area contributed by atoms with Crippen LogP contribution in [-0.2, 0) is 9.47 Å². The first-order chi connectivity index (χ1) is 11.5. The zero-order chi connectivity index (χ0) is 17.5. The van der Waals surface area contributed by atoms with Crippen LogP contribution in [0.2, 0.25) is 0 Å². The molecule has 0 amide bonds. The molecule has 0 heterocycles. The van der Waals surface area contributed by atoms with Crippen LogP contribution in [0.25, 0.3) is 0 Å². The van der Waals surface area contributed by atoms with Gasteiger partial charge in [0.2, 0.25) is 0 Å². The lowest BCUT2D eigenvalue weighted by atomic mass is 10.1. The van der Waals surface area contributed by atoms with Crippen LogP contribution in [0, 0.1) is 0 Å². The van der Waals surface area contributed by atoms with Crippen molar-refractivity contribution in [2.24, 2.45) is 0 Å². The van der Waals surface area contributed by atoms with Crippen LogP contribution in [0.3, 0.4) is 0 Å². The molecule has 5 heteroatoms. The van der Waals surface area contributed by atoms with Crippen LogP contribution < -0.4 is 11.5 Å². The average molecular weight is 324 g/mol. The summed E-state index contributed by atoms with van der Waals surface area (Å²) < 4.78 is 10.6. The number of rotatable bonds is 6. The summed E-state index contributed by atoms with van der Waals surface area (Å²) in [6.07, 6.45) is 0.945. The number of hydrogen-bond acceptors (Lipinski definition) is 5. The van der Waals surface area contributed by atoms with Gasteiger partial charge >= 0.3 is 6.16 Å². The van der Waals surface area contributed by atoms with Crippen molar-refractivity contribution in [2.45, 2.75) is 12.2 Å². The Labute approximate surface area is 141 Å². The lowest BCUT2D eigenvalue weighted by molar-refractivity contribution is 0.0204. The highest BCUT2D eigenvalue weighted by atomic mass is 16.7. The number of anilines is 2. The van der Waals surface area contributed by atoms with E-state index in [1.54, 1.807) is 48.5 Å². The summed E-state index contributed by atoms with van der Waals surface area (Å²) in [4.78, 5) is 12.1. The number of benzene rings is 2. The predicted molar refractivity (Wildman–Crippen MR) is 95.2 cm³/mol. The molecule has 0 saturated carbocycles. The summed E-state index contributed by atoms with van der Waals surface area (Å²) in [5.74, 6) is 0. The molecule has 0 aliphatic carbocycles. The quantitative estimate of drug-likeness (QED) is 0.473. The number of nitrogens with two attached hydrogens (primary N) is 2. The molecule has 4 N–H and O–H groups in total. The third kappa shape index (κ3) is 4.39. The van der Waals surface area contributed by atoms with Gasteiger partial charge in [-0.15, -0.1) is 0 Å². The van der Waals surface area contributed by atoms with Gasteiger partial charge in [0.25, 0.3) is 0 Å². The Kier molecular flexibility index (Phi) is 5.63. The van der Waals surface area contributed by atoms with Crippen LogP contribution in [0.15, 0.2) is 73.8 Å². The summed E-state index contributed by atoms with van der Waals surface area (Å²) >= 11 is 0. The van der Waals surface area contributed by atoms with E-state index in [4.69, 9.17) is 20.9 Å². The van der Waals surface area contributed by atoms with E-state index in [-0.39, 0.29) is 0 Å². The Hall–Kier alpha value is -3.21. The summed E-state index contributed by atoms with van der Waals surface area (Å²) in [5.41, 5.74) is 14.0. The summed E-state index contributed by atoms with van der Waals surface area (Å²) in [5, 5.41) is 0. The molecular formula is C19H20N2O3. The van der Waals surface area contributed by atoms with Gasteiger partial charge in [-0.05, 0) is 47.5 Å². The first-order valence-corrected chi connectivity index (χ1v) is 7.36. The first kappa shape index (κ1) is 17.1. The summed E-state index contributed by atoms with van der Waals surface area (Å²) in [7, 11) is 0. The van der Waals surface area contributed by atoms with Crippen LogP contribution in [0.4, 0.5) is 16.2 Å². The largest absolute Gasteiger partial charge is 0.510 e. The number of ether oxygens (including phenoxy) is 2. The lowest BCUT2D eigenvalue weighted by Gasteiger charge is -2.18. The molecule has 0 aliphatic rings. The smallest absolute Gasteiger partial charge is 0.422 e. The Bertz CT molecular complexity index is 647. The highest BCUT2D eigenvalue weighted by Gasteiger charge is 2.19. The summed E-state index contributed by atoms with van der Waals surface area (Å²) in [6.45, 7) is 7.36. The zero-order valence-corrected chi connectivity index (χ0v) is 13.2. The minimum absolute atomic E-state index is 0.624. The summed E-state index contributed by atoms with van der Waals surface area (Å²) in [6, 6.07) is 13.9. The zero-order valence-electron chi connectivity index (χ0n) is 13.2. The molecule has 0 aliphatic heterocycles. The Morgan fingerprint density at radius 2 is 1.12 bits per heavy atom. The van der Waals surface area contributed by atoms with Gasteiger partial charge < -0.3 is 20.9 Å². The van der Waals surface area contributed by atoms with E-state index in [1.807, 2.05) is 0 Å². The molecule has 2 rings (SSSR count). The molecule has 2 unspecified atom stereocenters. The normalized spacial score (nSPS) is 12.7. The van der Waals surface area contributed by atoms with E-state index in [9.17, 15) is 4.79 Å². The molecule has 0 bridgehead atoms. The van der Waals surface area contributed by atoms with E-state index in [2.05, 4.69) is 13.2 Å². The van der Waals surface area contributed by atoms with Crippen molar-refractivity contribution in [3.8, 4) is 0 Å². The average Bonchev–Trinajstić information content (AvgIpc) is 2.59. The minimum atomic E-state index is -0.821. The molecule has 124 valence electrons. The van der Waals surface area contributed by atoms with Crippen LogP contribution >= 0.6 is 0 Å². The van der Waals surface area contributed by atoms with Gasteiger partial charge in [-0.1, -0.05) is 37.4 Å². The predicted octanol–water partition coefficient (Wildman–Crippen LogP) is 4.16. The molecule has 0 spiro atoms. The SMILES string of the molecule is C=CC(OC(=O)OC(C=C)c1ccc(N)cc1)c1ccc(N)cc1. The van der Waals surface area contributed by atoms with Gasteiger partial charge in [-0.2, -0.15) is 0 Å². The second-order valence-electron chi connectivity index (χ2n) is 5.13. The van der Waals surface area contributed by atoms with Crippen molar-refractivity contribution in [3.05, 3.63) is 85.0 Å². The van der Waals surface area contributed by atoms with Crippen molar-refractivity contribution < 1.29 is 14.3 Å². The maximum Gasteiger partial charge on any atom is 0.510 e. The van der Waals surface area contributed by atoms with Gasteiger partial charge in [-0.3, -0.25) is 0 Å². The number of hydrogen-bond donors (Lipinski definition) is 2. The van der Waals surface area contributed by atoms with Crippen molar-refractivity contribution in [1.29, 1.82) is 0 Å². The topological polar surface area (TPSA) is 87.6 Å². The standard InChI is InChI=1S/C19H20N2O3/c1-3-17(13-5-9-15(20)10-6-13)23-19(22)24-18(4-2)14-7-11-16(21)12-8-14/h3-12,17-18H,1-2,20-21H2. The van der Waals surface area contributed by atoms with Crippen molar-refractivity contribution in [2.75, 3.05) is 11.5 Å². The molecule has 0 aromatic heterocycles. The monoisotopic (exact) mass is 324 g/mol. The van der Waals surface area contributed by atoms with Crippen LogP contribution in [-0.4, -0.2) is 6.16 Å². The van der Waals surface area contributed by atoms with Crippen molar-refractivity contribution in [3.63, 3.8) is 0 Å². The highest BCUT2D eigenvalue weighted by Crippen LogP contribution is 2.24. The second-order valence-corrected chi connectivity index (χ2v) is 5.13. The van der Waals surface area contributed by atoms with E-state index >= 15 is 0 Å². The third-order valence-electron chi connectivity index (χ3n) is 3.40. The van der Waals surface area contributed by atoms with Gasteiger partial charge in [0, 0.05) is 11.4 Å². The molecule has 2 aromatic carbocycles. The molecule has 24 heavy (non-hydrogen) atoms. The molecule has 2 aromatic rings. The second kappa shape index (κ2) is 7.87. The molecule has 0 fully saturated rings. The molecular weight excluding hydrogens is 304 g/mol. The van der Waals surface area contributed by atoms with Crippen LogP contribution in [0.5, 0.6) is 0 Å². The Morgan fingerprint density at radius 1 is 0.792 bits per heavy atom. The van der Waals surface area contributed by atoms with Gasteiger partial charge in [0.1, 0.15) is 12.2 Å². The van der Waals surface area contributed by atoms with Gasteiger partial charge in [0.15, 0.2) is 0 Å². The fraction of sp³-hybridized carbons (Fsp3) is 0.105. The van der Waals surface area contributed by atoms with E-state index < -0.39 is 18.4 Å².